The first-order valence-electron chi connectivity index (χ1n) is 6.66. The first kappa shape index (κ1) is 12.8. The Morgan fingerprint density at radius 2 is 1.87 bits per heavy atom. The van der Waals surface area contributed by atoms with Gasteiger partial charge in [0.05, 0.1) is 6.61 Å². The van der Waals surface area contributed by atoms with E-state index in [4.69, 9.17) is 4.74 Å². The van der Waals surface area contributed by atoms with Crippen LogP contribution in [0.1, 0.15) is 58.3 Å². The number of ether oxygens (including phenoxy) is 1. The summed E-state index contributed by atoms with van der Waals surface area (Å²) in [7, 11) is 0. The topological polar surface area (TPSA) is 9.23 Å². The van der Waals surface area contributed by atoms with Crippen molar-refractivity contribution in [3.05, 3.63) is 12.2 Å². The van der Waals surface area contributed by atoms with Gasteiger partial charge in [-0.2, -0.15) is 0 Å². The Morgan fingerprint density at radius 3 is 2.60 bits per heavy atom. The van der Waals surface area contributed by atoms with Crippen molar-refractivity contribution >= 4 is 0 Å². The van der Waals surface area contributed by atoms with Crippen molar-refractivity contribution in [3.8, 4) is 0 Å². The number of allylic oxidation sites excluding steroid dienone is 1. The molecule has 88 valence electrons. The molecule has 0 atom stereocenters. The van der Waals surface area contributed by atoms with Gasteiger partial charge in [-0.15, -0.1) is 0 Å². The van der Waals surface area contributed by atoms with Crippen LogP contribution in [0.4, 0.5) is 0 Å². The van der Waals surface area contributed by atoms with Gasteiger partial charge in [-0.3, -0.25) is 0 Å². The summed E-state index contributed by atoms with van der Waals surface area (Å²) in [5, 5.41) is 0. The fourth-order valence-electron chi connectivity index (χ4n) is 2.26. The van der Waals surface area contributed by atoms with E-state index in [1.807, 2.05) is 0 Å². The summed E-state index contributed by atoms with van der Waals surface area (Å²) in [6, 6.07) is 0. The van der Waals surface area contributed by atoms with Crippen molar-refractivity contribution in [1.29, 1.82) is 0 Å². The first-order chi connectivity index (χ1) is 7.43. The maximum Gasteiger partial charge on any atom is 0.0500 e. The number of rotatable bonds is 7. The van der Waals surface area contributed by atoms with Crippen LogP contribution in [0.2, 0.25) is 0 Å². The number of hydrogen-bond acceptors (Lipinski definition) is 1. The Morgan fingerprint density at radius 1 is 1.07 bits per heavy atom. The second kappa shape index (κ2) is 8.96. The SMILES string of the molecule is CCC=CCCOCCC1CCCCC1. The molecule has 1 aliphatic rings. The zero-order valence-corrected chi connectivity index (χ0v) is 10.2. The van der Waals surface area contributed by atoms with Crippen LogP contribution in [0.5, 0.6) is 0 Å². The molecule has 0 heterocycles. The van der Waals surface area contributed by atoms with Crippen LogP contribution in [0.3, 0.4) is 0 Å². The van der Waals surface area contributed by atoms with Gasteiger partial charge < -0.3 is 4.74 Å². The van der Waals surface area contributed by atoms with E-state index in [0.717, 1.165) is 32.0 Å². The molecule has 0 amide bonds. The second-order valence-corrected chi connectivity index (χ2v) is 4.57. The molecule has 0 unspecified atom stereocenters. The monoisotopic (exact) mass is 210 g/mol. The van der Waals surface area contributed by atoms with Gasteiger partial charge in [0.1, 0.15) is 0 Å². The molecule has 0 saturated heterocycles. The molecule has 0 aromatic heterocycles. The maximum absolute atomic E-state index is 5.63. The Hall–Kier alpha value is -0.300. The van der Waals surface area contributed by atoms with Crippen LogP contribution in [-0.4, -0.2) is 13.2 Å². The molecule has 1 saturated carbocycles. The van der Waals surface area contributed by atoms with Crippen LogP contribution in [0.25, 0.3) is 0 Å². The van der Waals surface area contributed by atoms with E-state index >= 15 is 0 Å². The fourth-order valence-corrected chi connectivity index (χ4v) is 2.26. The lowest BCUT2D eigenvalue weighted by molar-refractivity contribution is 0.117. The highest BCUT2D eigenvalue weighted by Crippen LogP contribution is 2.25. The molecule has 0 aromatic carbocycles. The highest BCUT2D eigenvalue weighted by molar-refractivity contribution is 4.79. The lowest BCUT2D eigenvalue weighted by Gasteiger charge is -2.21. The molecule has 1 fully saturated rings. The first-order valence-corrected chi connectivity index (χ1v) is 6.66. The standard InChI is InChI=1S/C14H26O/c1-2-3-4-8-12-15-13-11-14-9-6-5-7-10-14/h3-4,14H,2,5-13H2,1H3. The van der Waals surface area contributed by atoms with Gasteiger partial charge in [0, 0.05) is 6.61 Å². The van der Waals surface area contributed by atoms with Crippen molar-refractivity contribution in [2.45, 2.75) is 58.3 Å². The third-order valence-corrected chi connectivity index (χ3v) is 3.23. The van der Waals surface area contributed by atoms with E-state index in [1.54, 1.807) is 0 Å². The molecule has 15 heavy (non-hydrogen) atoms. The zero-order valence-electron chi connectivity index (χ0n) is 10.2. The van der Waals surface area contributed by atoms with Gasteiger partial charge in [-0.25, -0.2) is 0 Å². The smallest absolute Gasteiger partial charge is 0.0500 e. The molecule has 0 aliphatic heterocycles. The van der Waals surface area contributed by atoms with Crippen molar-refractivity contribution in [3.63, 3.8) is 0 Å². The highest BCUT2D eigenvalue weighted by Gasteiger charge is 2.12. The summed E-state index contributed by atoms with van der Waals surface area (Å²) in [5.74, 6) is 0.963. The summed E-state index contributed by atoms with van der Waals surface area (Å²) in [6.45, 7) is 4.05. The lowest BCUT2D eigenvalue weighted by atomic mass is 9.87. The highest BCUT2D eigenvalue weighted by atomic mass is 16.5. The Labute approximate surface area is 94.9 Å². The van der Waals surface area contributed by atoms with E-state index in [1.165, 1.54) is 38.5 Å². The third kappa shape index (κ3) is 6.72. The lowest BCUT2D eigenvalue weighted by Crippen LogP contribution is -2.09. The minimum atomic E-state index is 0.906. The molecule has 1 heteroatoms. The summed E-state index contributed by atoms with van der Waals surface area (Å²) < 4.78 is 5.63. The van der Waals surface area contributed by atoms with Crippen molar-refractivity contribution in [2.24, 2.45) is 5.92 Å². The van der Waals surface area contributed by atoms with E-state index in [0.29, 0.717) is 0 Å². The van der Waals surface area contributed by atoms with E-state index in [2.05, 4.69) is 19.1 Å². The van der Waals surface area contributed by atoms with Gasteiger partial charge in [0.25, 0.3) is 0 Å². The molecule has 0 spiro atoms. The van der Waals surface area contributed by atoms with Crippen molar-refractivity contribution in [1.82, 2.24) is 0 Å². The van der Waals surface area contributed by atoms with Crippen LogP contribution in [0.15, 0.2) is 12.2 Å². The zero-order chi connectivity index (χ0) is 10.8. The quantitative estimate of drug-likeness (QED) is 0.449. The van der Waals surface area contributed by atoms with Gasteiger partial charge in [0.2, 0.25) is 0 Å². The largest absolute Gasteiger partial charge is 0.381 e. The summed E-state index contributed by atoms with van der Waals surface area (Å²) in [4.78, 5) is 0. The maximum atomic E-state index is 5.63. The summed E-state index contributed by atoms with van der Waals surface area (Å²) in [6.07, 6.45) is 15.2. The van der Waals surface area contributed by atoms with Gasteiger partial charge in [0.15, 0.2) is 0 Å². The molecule has 1 nitrogen and oxygen atoms in total. The van der Waals surface area contributed by atoms with Crippen LogP contribution in [-0.2, 0) is 4.74 Å². The Bertz CT molecular complexity index is 157. The predicted molar refractivity (Wildman–Crippen MR) is 66.1 cm³/mol. The van der Waals surface area contributed by atoms with Gasteiger partial charge in [-0.05, 0) is 25.2 Å². The Balaban J connectivity index is 1.85. The number of hydrogen-bond donors (Lipinski definition) is 0. The van der Waals surface area contributed by atoms with Crippen LogP contribution in [0, 0.1) is 5.92 Å². The molecule has 0 bridgehead atoms. The minimum Gasteiger partial charge on any atom is -0.381 e. The Kier molecular flexibility index (Phi) is 7.63. The van der Waals surface area contributed by atoms with Crippen molar-refractivity contribution < 1.29 is 4.74 Å². The van der Waals surface area contributed by atoms with E-state index in [-0.39, 0.29) is 0 Å². The van der Waals surface area contributed by atoms with E-state index in [9.17, 15) is 0 Å². The van der Waals surface area contributed by atoms with Crippen LogP contribution >= 0.6 is 0 Å². The summed E-state index contributed by atoms with van der Waals surface area (Å²) >= 11 is 0. The molecular formula is C14H26O. The van der Waals surface area contributed by atoms with Crippen LogP contribution < -0.4 is 0 Å². The molecule has 0 radical (unpaired) electrons. The predicted octanol–water partition coefficient (Wildman–Crippen LogP) is 4.33. The minimum absolute atomic E-state index is 0.906. The fraction of sp³-hybridized carbons (Fsp3) is 0.857. The van der Waals surface area contributed by atoms with Gasteiger partial charge in [-0.1, -0.05) is 51.2 Å². The average molecular weight is 210 g/mol. The van der Waals surface area contributed by atoms with Gasteiger partial charge >= 0.3 is 0 Å². The average Bonchev–Trinajstić information content (AvgIpc) is 2.29. The van der Waals surface area contributed by atoms with E-state index < -0.39 is 0 Å². The molecule has 0 N–H and O–H groups in total. The summed E-state index contributed by atoms with van der Waals surface area (Å²) in [5.41, 5.74) is 0. The van der Waals surface area contributed by atoms with Crippen molar-refractivity contribution in [2.75, 3.05) is 13.2 Å². The molecule has 0 aromatic rings. The molecule has 1 aliphatic carbocycles. The molecule has 1 rings (SSSR count). The molecular weight excluding hydrogens is 184 g/mol. The second-order valence-electron chi connectivity index (χ2n) is 4.57. The third-order valence-electron chi connectivity index (χ3n) is 3.23. The normalized spacial score (nSPS) is 18.7.